The van der Waals surface area contributed by atoms with Gasteiger partial charge >= 0.3 is 5.69 Å². The zero-order chi connectivity index (χ0) is 14.4. The van der Waals surface area contributed by atoms with Crippen LogP contribution in [0, 0.1) is 10.1 Å². The first-order valence-corrected chi connectivity index (χ1v) is 7.40. The molecule has 8 nitrogen and oxygen atoms in total. The van der Waals surface area contributed by atoms with Gasteiger partial charge < -0.3 is 10.4 Å². The van der Waals surface area contributed by atoms with E-state index in [1.165, 1.54) is 10.9 Å². The maximum atomic E-state index is 11.1. The Morgan fingerprint density at radius 2 is 2.32 bits per heavy atom. The van der Waals surface area contributed by atoms with E-state index in [0.717, 1.165) is 6.20 Å². The van der Waals surface area contributed by atoms with Crippen LogP contribution in [0.25, 0.3) is 0 Å². The summed E-state index contributed by atoms with van der Waals surface area (Å²) in [7, 11) is -0.902. The number of aromatic nitrogens is 2. The monoisotopic (exact) mass is 290 g/mol. The molecule has 1 heterocycles. The number of aliphatic hydroxyl groups is 1. The first kappa shape index (κ1) is 15.7. The van der Waals surface area contributed by atoms with Crippen molar-refractivity contribution in [1.29, 1.82) is 0 Å². The van der Waals surface area contributed by atoms with Crippen molar-refractivity contribution in [2.45, 2.75) is 24.8 Å². The van der Waals surface area contributed by atoms with Crippen LogP contribution in [0.5, 0.6) is 0 Å². The normalized spacial score (nSPS) is 15.9. The molecule has 0 spiro atoms. The van der Waals surface area contributed by atoms with Crippen molar-refractivity contribution in [2.24, 2.45) is 0 Å². The predicted molar refractivity (Wildman–Crippen MR) is 71.3 cm³/mol. The average molecular weight is 290 g/mol. The van der Waals surface area contributed by atoms with Crippen molar-refractivity contribution in [3.63, 3.8) is 0 Å². The number of hydrogen-bond acceptors (Lipinski definition) is 6. The Bertz CT molecular complexity index is 450. The summed E-state index contributed by atoms with van der Waals surface area (Å²) in [5, 5.41) is 27.0. The van der Waals surface area contributed by atoms with Gasteiger partial charge in [0, 0.05) is 35.4 Å². The molecule has 1 rings (SSSR count). The SMILES string of the molecule is CC(CNCC(O)Cn1cc([N+](=O)[O-])cn1)S(C)=O. The molecule has 1 aromatic heterocycles. The summed E-state index contributed by atoms with van der Waals surface area (Å²) in [6, 6.07) is 0. The van der Waals surface area contributed by atoms with Gasteiger partial charge in [-0.1, -0.05) is 0 Å². The van der Waals surface area contributed by atoms with Crippen molar-refractivity contribution in [1.82, 2.24) is 15.1 Å². The number of nitrogens with zero attached hydrogens (tertiary/aromatic N) is 3. The highest BCUT2D eigenvalue weighted by molar-refractivity contribution is 7.84. The second kappa shape index (κ2) is 7.31. The molecule has 0 aromatic carbocycles. The van der Waals surface area contributed by atoms with Gasteiger partial charge in [-0.2, -0.15) is 5.10 Å². The highest BCUT2D eigenvalue weighted by atomic mass is 32.2. The first-order valence-electron chi connectivity index (χ1n) is 5.78. The van der Waals surface area contributed by atoms with E-state index in [-0.39, 0.29) is 17.5 Å². The highest BCUT2D eigenvalue weighted by Crippen LogP contribution is 2.07. The van der Waals surface area contributed by atoms with Crippen LogP contribution in [0.2, 0.25) is 0 Å². The molecule has 0 aliphatic carbocycles. The van der Waals surface area contributed by atoms with E-state index in [1.807, 2.05) is 6.92 Å². The standard InChI is InChI=1S/C10H18N4O4S/c1-8(19(2)18)3-11-5-10(15)7-13-6-9(4-12-13)14(16)17/h4,6,8,10-11,15H,3,5,7H2,1-2H3. The second-order valence-electron chi connectivity index (χ2n) is 4.30. The fraction of sp³-hybridized carbons (Fsp3) is 0.700. The number of rotatable bonds is 8. The fourth-order valence-corrected chi connectivity index (χ4v) is 1.75. The Balaban J connectivity index is 2.32. The Labute approximate surface area is 113 Å². The minimum Gasteiger partial charge on any atom is -0.390 e. The van der Waals surface area contributed by atoms with Crippen LogP contribution >= 0.6 is 0 Å². The molecule has 0 aliphatic heterocycles. The zero-order valence-electron chi connectivity index (χ0n) is 10.9. The Kier molecular flexibility index (Phi) is 6.06. The lowest BCUT2D eigenvalue weighted by molar-refractivity contribution is -0.385. The van der Waals surface area contributed by atoms with E-state index in [0.29, 0.717) is 13.1 Å². The molecule has 0 fully saturated rings. The maximum Gasteiger partial charge on any atom is 0.306 e. The van der Waals surface area contributed by atoms with Crippen LogP contribution < -0.4 is 5.32 Å². The van der Waals surface area contributed by atoms with E-state index in [1.54, 1.807) is 6.26 Å². The van der Waals surface area contributed by atoms with Gasteiger partial charge in [-0.3, -0.25) is 19.0 Å². The fourth-order valence-electron chi connectivity index (χ4n) is 1.40. The molecular weight excluding hydrogens is 272 g/mol. The topological polar surface area (TPSA) is 110 Å². The van der Waals surface area contributed by atoms with E-state index >= 15 is 0 Å². The summed E-state index contributed by atoms with van der Waals surface area (Å²) in [4.78, 5) is 9.92. The van der Waals surface area contributed by atoms with E-state index < -0.39 is 21.8 Å². The van der Waals surface area contributed by atoms with Gasteiger partial charge in [-0.25, -0.2) is 0 Å². The van der Waals surface area contributed by atoms with Crippen molar-refractivity contribution in [3.05, 3.63) is 22.5 Å². The second-order valence-corrected chi connectivity index (χ2v) is 6.10. The molecule has 0 saturated heterocycles. The van der Waals surface area contributed by atoms with Gasteiger partial charge in [0.15, 0.2) is 0 Å². The van der Waals surface area contributed by atoms with Crippen molar-refractivity contribution < 1.29 is 14.2 Å². The molecule has 0 amide bonds. The van der Waals surface area contributed by atoms with E-state index in [2.05, 4.69) is 10.4 Å². The minimum absolute atomic E-state index is 0.0120. The summed E-state index contributed by atoms with van der Waals surface area (Å²) in [5.74, 6) is 0. The molecule has 2 N–H and O–H groups in total. The van der Waals surface area contributed by atoms with E-state index in [4.69, 9.17) is 0 Å². The third-order valence-electron chi connectivity index (χ3n) is 2.61. The lowest BCUT2D eigenvalue weighted by atomic mass is 10.3. The number of aliphatic hydroxyl groups excluding tert-OH is 1. The maximum absolute atomic E-state index is 11.1. The van der Waals surface area contributed by atoms with Gasteiger partial charge in [0.05, 0.1) is 17.6 Å². The van der Waals surface area contributed by atoms with Crippen LogP contribution in [0.3, 0.4) is 0 Å². The largest absolute Gasteiger partial charge is 0.390 e. The number of nitro groups is 1. The van der Waals surface area contributed by atoms with Crippen LogP contribution in [0.15, 0.2) is 12.4 Å². The van der Waals surface area contributed by atoms with Gasteiger partial charge in [-0.05, 0) is 6.92 Å². The Morgan fingerprint density at radius 3 is 2.84 bits per heavy atom. The average Bonchev–Trinajstić information content (AvgIpc) is 2.77. The molecular formula is C10H18N4O4S. The summed E-state index contributed by atoms with van der Waals surface area (Å²) >= 11 is 0. The molecule has 0 bridgehead atoms. The van der Waals surface area contributed by atoms with Gasteiger partial charge in [0.25, 0.3) is 0 Å². The molecule has 3 atom stereocenters. The summed E-state index contributed by atoms with van der Waals surface area (Å²) in [6.45, 7) is 2.88. The molecule has 3 unspecified atom stereocenters. The third kappa shape index (κ3) is 5.45. The summed E-state index contributed by atoms with van der Waals surface area (Å²) in [5.41, 5.74) is -0.102. The summed E-state index contributed by atoms with van der Waals surface area (Å²) in [6.07, 6.45) is 3.33. The lowest BCUT2D eigenvalue weighted by Gasteiger charge is -2.14. The van der Waals surface area contributed by atoms with Crippen LogP contribution in [-0.2, 0) is 17.3 Å². The van der Waals surface area contributed by atoms with Crippen molar-refractivity contribution >= 4 is 16.5 Å². The number of hydrogen-bond donors (Lipinski definition) is 2. The van der Waals surface area contributed by atoms with Crippen molar-refractivity contribution in [2.75, 3.05) is 19.3 Å². The van der Waals surface area contributed by atoms with Crippen LogP contribution in [0.1, 0.15) is 6.92 Å². The Hall–Kier alpha value is -1.32. The van der Waals surface area contributed by atoms with Crippen molar-refractivity contribution in [3.8, 4) is 0 Å². The first-order chi connectivity index (χ1) is 8.90. The Morgan fingerprint density at radius 1 is 1.63 bits per heavy atom. The van der Waals surface area contributed by atoms with Gasteiger partial charge in [-0.15, -0.1) is 0 Å². The smallest absolute Gasteiger partial charge is 0.306 e. The molecule has 0 radical (unpaired) electrons. The molecule has 0 saturated carbocycles. The minimum atomic E-state index is -0.902. The number of nitrogens with one attached hydrogen (secondary N) is 1. The predicted octanol–water partition coefficient (Wildman–Crippen LogP) is -0.491. The van der Waals surface area contributed by atoms with Crippen LogP contribution in [0.4, 0.5) is 5.69 Å². The van der Waals surface area contributed by atoms with E-state index in [9.17, 15) is 19.4 Å². The lowest BCUT2D eigenvalue weighted by Crippen LogP contribution is -2.35. The molecule has 108 valence electrons. The van der Waals surface area contributed by atoms with Crippen LogP contribution in [-0.4, -0.2) is 54.7 Å². The molecule has 9 heteroatoms. The van der Waals surface area contributed by atoms with Gasteiger partial charge in [0.2, 0.25) is 0 Å². The van der Waals surface area contributed by atoms with Gasteiger partial charge in [0.1, 0.15) is 12.4 Å². The molecule has 19 heavy (non-hydrogen) atoms. The molecule has 0 aliphatic rings. The zero-order valence-corrected chi connectivity index (χ0v) is 11.7. The summed E-state index contributed by atoms with van der Waals surface area (Å²) < 4.78 is 12.4. The third-order valence-corrected chi connectivity index (χ3v) is 3.91. The highest BCUT2D eigenvalue weighted by Gasteiger charge is 2.12. The molecule has 1 aromatic rings. The quantitative estimate of drug-likeness (QED) is 0.494.